The molecule has 0 fully saturated rings. The van der Waals surface area contributed by atoms with Crippen molar-refractivity contribution in [3.05, 3.63) is 40.2 Å². The first kappa shape index (κ1) is 13.5. The van der Waals surface area contributed by atoms with Gasteiger partial charge in [0.05, 0.1) is 17.9 Å². The van der Waals surface area contributed by atoms with Crippen molar-refractivity contribution in [2.45, 2.75) is 20.4 Å². The summed E-state index contributed by atoms with van der Waals surface area (Å²) in [5, 5.41) is 9.72. The van der Waals surface area contributed by atoms with Crippen LogP contribution in [-0.2, 0) is 6.54 Å². The molecule has 0 amide bonds. The molecule has 0 radical (unpaired) electrons. The van der Waals surface area contributed by atoms with Gasteiger partial charge in [-0.15, -0.1) is 0 Å². The minimum atomic E-state index is -0.927. The quantitative estimate of drug-likeness (QED) is 0.930. The molecule has 0 aliphatic heterocycles. The third-order valence-corrected chi connectivity index (χ3v) is 3.91. The molecule has 0 saturated heterocycles. The van der Waals surface area contributed by atoms with Crippen LogP contribution in [0.25, 0.3) is 0 Å². The van der Waals surface area contributed by atoms with Gasteiger partial charge >= 0.3 is 5.97 Å². The van der Waals surface area contributed by atoms with Crippen molar-refractivity contribution in [3.63, 3.8) is 0 Å². The molecule has 19 heavy (non-hydrogen) atoms. The standard InChI is InChI=1S/C13H15N3O2S/c1-8-5-4-6-10(14-8)7-16(3)13-15-9(2)11(19-13)12(17)18/h4-6H,7H2,1-3H3,(H,17,18). The minimum Gasteiger partial charge on any atom is -0.477 e. The Labute approximate surface area is 115 Å². The average molecular weight is 277 g/mol. The Morgan fingerprint density at radius 3 is 2.68 bits per heavy atom. The molecule has 0 aliphatic carbocycles. The molecule has 0 aromatic carbocycles. The number of aryl methyl sites for hydroxylation is 2. The SMILES string of the molecule is Cc1cccc(CN(C)c2nc(C)c(C(=O)O)s2)n1. The number of carbonyl (C=O) groups is 1. The Morgan fingerprint density at radius 2 is 2.11 bits per heavy atom. The van der Waals surface area contributed by atoms with E-state index in [4.69, 9.17) is 5.11 Å². The molecule has 6 heteroatoms. The molecule has 100 valence electrons. The first-order valence-electron chi connectivity index (χ1n) is 5.82. The molecule has 0 aliphatic rings. The van der Waals surface area contributed by atoms with E-state index in [2.05, 4.69) is 9.97 Å². The Bertz CT molecular complexity index is 610. The van der Waals surface area contributed by atoms with Gasteiger partial charge in [0.25, 0.3) is 0 Å². The van der Waals surface area contributed by atoms with Gasteiger partial charge in [0.1, 0.15) is 4.88 Å². The predicted molar refractivity (Wildman–Crippen MR) is 74.9 cm³/mol. The van der Waals surface area contributed by atoms with Crippen LogP contribution in [0.2, 0.25) is 0 Å². The molecule has 2 aromatic heterocycles. The van der Waals surface area contributed by atoms with Gasteiger partial charge in [-0.2, -0.15) is 0 Å². The van der Waals surface area contributed by atoms with E-state index >= 15 is 0 Å². The number of hydrogen-bond acceptors (Lipinski definition) is 5. The van der Waals surface area contributed by atoms with Gasteiger partial charge in [-0.25, -0.2) is 9.78 Å². The number of thiazole rings is 1. The van der Waals surface area contributed by atoms with Crippen molar-refractivity contribution in [1.82, 2.24) is 9.97 Å². The molecular weight excluding hydrogens is 262 g/mol. The summed E-state index contributed by atoms with van der Waals surface area (Å²) in [7, 11) is 1.88. The number of hydrogen-bond donors (Lipinski definition) is 1. The van der Waals surface area contributed by atoms with E-state index in [0.29, 0.717) is 22.2 Å². The van der Waals surface area contributed by atoms with Crippen LogP contribution in [0, 0.1) is 13.8 Å². The largest absolute Gasteiger partial charge is 0.477 e. The van der Waals surface area contributed by atoms with Crippen molar-refractivity contribution < 1.29 is 9.90 Å². The lowest BCUT2D eigenvalue weighted by atomic mass is 10.3. The van der Waals surface area contributed by atoms with E-state index < -0.39 is 5.97 Å². The summed E-state index contributed by atoms with van der Waals surface area (Å²) >= 11 is 1.19. The highest BCUT2D eigenvalue weighted by Crippen LogP contribution is 2.26. The first-order valence-corrected chi connectivity index (χ1v) is 6.63. The summed E-state index contributed by atoms with van der Waals surface area (Å²) in [6, 6.07) is 5.85. The third-order valence-electron chi connectivity index (χ3n) is 2.65. The average Bonchev–Trinajstić information content (AvgIpc) is 2.71. The number of anilines is 1. The van der Waals surface area contributed by atoms with Crippen LogP contribution in [0.4, 0.5) is 5.13 Å². The summed E-state index contributed by atoms with van der Waals surface area (Å²) in [6.45, 7) is 4.26. The van der Waals surface area contributed by atoms with Gasteiger partial charge in [0.2, 0.25) is 0 Å². The molecule has 0 bridgehead atoms. The molecule has 2 rings (SSSR count). The van der Waals surface area contributed by atoms with Crippen LogP contribution in [0.15, 0.2) is 18.2 Å². The smallest absolute Gasteiger partial charge is 0.347 e. The van der Waals surface area contributed by atoms with Gasteiger partial charge < -0.3 is 10.0 Å². The van der Waals surface area contributed by atoms with Crippen LogP contribution in [0.1, 0.15) is 26.8 Å². The normalized spacial score (nSPS) is 10.5. The fourth-order valence-corrected chi connectivity index (χ4v) is 2.61. The lowest BCUT2D eigenvalue weighted by Crippen LogP contribution is -2.17. The maximum Gasteiger partial charge on any atom is 0.347 e. The number of rotatable bonds is 4. The van der Waals surface area contributed by atoms with E-state index in [0.717, 1.165) is 11.4 Å². The number of pyridine rings is 1. The Kier molecular flexibility index (Phi) is 3.80. The monoisotopic (exact) mass is 277 g/mol. The molecule has 0 atom stereocenters. The Morgan fingerprint density at radius 1 is 1.37 bits per heavy atom. The zero-order valence-corrected chi connectivity index (χ0v) is 11.9. The van der Waals surface area contributed by atoms with Gasteiger partial charge in [-0.3, -0.25) is 4.98 Å². The highest BCUT2D eigenvalue weighted by atomic mass is 32.1. The van der Waals surface area contributed by atoms with Crippen LogP contribution >= 0.6 is 11.3 Å². The van der Waals surface area contributed by atoms with E-state index in [1.165, 1.54) is 11.3 Å². The molecule has 0 spiro atoms. The fourth-order valence-electron chi connectivity index (χ4n) is 1.74. The van der Waals surface area contributed by atoms with Crippen LogP contribution in [0.3, 0.4) is 0 Å². The van der Waals surface area contributed by atoms with E-state index in [1.54, 1.807) is 6.92 Å². The molecular formula is C13H15N3O2S. The third kappa shape index (κ3) is 3.08. The van der Waals surface area contributed by atoms with Crippen molar-refractivity contribution in [2.75, 3.05) is 11.9 Å². The number of nitrogens with zero attached hydrogens (tertiary/aromatic N) is 3. The summed E-state index contributed by atoms with van der Waals surface area (Å²) in [4.78, 5) is 21.9. The molecule has 1 N–H and O–H groups in total. The lowest BCUT2D eigenvalue weighted by molar-refractivity contribution is 0.0701. The summed E-state index contributed by atoms with van der Waals surface area (Å²) < 4.78 is 0. The number of aromatic nitrogens is 2. The van der Waals surface area contributed by atoms with Crippen LogP contribution in [-0.4, -0.2) is 28.1 Å². The predicted octanol–water partition coefficient (Wildman–Crippen LogP) is 2.49. The number of carboxylic acid groups (broad SMARTS) is 1. The van der Waals surface area contributed by atoms with E-state index in [1.807, 2.05) is 37.1 Å². The van der Waals surface area contributed by atoms with Crippen molar-refractivity contribution in [1.29, 1.82) is 0 Å². The topological polar surface area (TPSA) is 66.3 Å². The summed E-state index contributed by atoms with van der Waals surface area (Å²) in [5.41, 5.74) is 2.45. The second kappa shape index (κ2) is 5.36. The first-order chi connectivity index (χ1) is 8.97. The van der Waals surface area contributed by atoms with Crippen molar-refractivity contribution >= 4 is 22.4 Å². The fraction of sp³-hybridized carbons (Fsp3) is 0.308. The zero-order valence-electron chi connectivity index (χ0n) is 11.0. The second-order valence-corrected chi connectivity index (χ2v) is 5.32. The van der Waals surface area contributed by atoms with Crippen molar-refractivity contribution in [2.24, 2.45) is 0 Å². The van der Waals surface area contributed by atoms with Gasteiger partial charge in [0, 0.05) is 12.7 Å². The van der Waals surface area contributed by atoms with Crippen LogP contribution < -0.4 is 4.90 Å². The molecule has 0 unspecified atom stereocenters. The molecule has 5 nitrogen and oxygen atoms in total. The molecule has 0 saturated carbocycles. The van der Waals surface area contributed by atoms with Crippen molar-refractivity contribution in [3.8, 4) is 0 Å². The Balaban J connectivity index is 2.18. The maximum absolute atomic E-state index is 11.0. The molecule has 2 heterocycles. The van der Waals surface area contributed by atoms with Gasteiger partial charge in [-0.1, -0.05) is 17.4 Å². The van der Waals surface area contributed by atoms with Gasteiger partial charge in [-0.05, 0) is 26.0 Å². The maximum atomic E-state index is 11.0. The lowest BCUT2D eigenvalue weighted by Gasteiger charge is -2.15. The van der Waals surface area contributed by atoms with E-state index in [-0.39, 0.29) is 0 Å². The highest BCUT2D eigenvalue weighted by molar-refractivity contribution is 7.17. The van der Waals surface area contributed by atoms with E-state index in [9.17, 15) is 4.79 Å². The highest BCUT2D eigenvalue weighted by Gasteiger charge is 2.16. The minimum absolute atomic E-state index is 0.291. The second-order valence-electron chi connectivity index (χ2n) is 4.34. The van der Waals surface area contributed by atoms with Gasteiger partial charge in [0.15, 0.2) is 5.13 Å². The number of carboxylic acids is 1. The molecule has 2 aromatic rings. The zero-order chi connectivity index (χ0) is 14.0. The summed E-state index contributed by atoms with van der Waals surface area (Å²) in [6.07, 6.45) is 0. The summed E-state index contributed by atoms with van der Waals surface area (Å²) in [5.74, 6) is -0.927. The number of aromatic carboxylic acids is 1. The van der Waals surface area contributed by atoms with Crippen LogP contribution in [0.5, 0.6) is 0 Å². The Hall–Kier alpha value is -1.95.